The number of thiazole rings is 1. The average molecular weight is 642 g/mol. The zero-order chi connectivity index (χ0) is 27.7. The minimum atomic E-state index is -0.770. The number of esters is 1. The Morgan fingerprint density at radius 3 is 2.59 bits per heavy atom. The quantitative estimate of drug-likeness (QED) is 0.213. The maximum Gasteiger partial charge on any atom is 0.338 e. The highest BCUT2D eigenvalue weighted by Crippen LogP contribution is 2.36. The van der Waals surface area contributed by atoms with E-state index in [1.54, 1.807) is 36.9 Å². The Labute approximate surface area is 246 Å². The summed E-state index contributed by atoms with van der Waals surface area (Å²) in [5.74, 6) is -0.670. The molecule has 0 spiro atoms. The van der Waals surface area contributed by atoms with Crippen molar-refractivity contribution in [3.8, 4) is 5.75 Å². The second-order valence-electron chi connectivity index (χ2n) is 8.53. The Hall–Kier alpha value is -3.11. The lowest BCUT2D eigenvalue weighted by Gasteiger charge is -2.26. The summed E-state index contributed by atoms with van der Waals surface area (Å²) in [5, 5.41) is 10.7. The van der Waals surface area contributed by atoms with Gasteiger partial charge in [0, 0.05) is 20.5 Å². The molecule has 3 aromatic carbocycles. The SMILES string of the molecule is CCOC(=O)C1=C(c2ccccc2)N=c2s/c(=C\c3cc(Br)cc(Cl)c3O)c(=O)n2[C@@H]1c1ccc(SC)cc1. The number of fused-ring (bicyclic) bond motifs is 1. The minimum absolute atomic E-state index is 0.132. The number of rotatable bonds is 6. The van der Waals surface area contributed by atoms with E-state index in [-0.39, 0.29) is 28.5 Å². The Bertz CT molecular complexity index is 1780. The van der Waals surface area contributed by atoms with E-state index in [1.807, 2.05) is 60.9 Å². The average Bonchev–Trinajstić information content (AvgIpc) is 3.25. The largest absolute Gasteiger partial charge is 0.506 e. The van der Waals surface area contributed by atoms with E-state index in [4.69, 9.17) is 21.3 Å². The summed E-state index contributed by atoms with van der Waals surface area (Å²) >= 11 is 12.3. The van der Waals surface area contributed by atoms with Crippen LogP contribution in [0.4, 0.5) is 0 Å². The number of hydrogen-bond donors (Lipinski definition) is 1. The van der Waals surface area contributed by atoms with Crippen LogP contribution in [0.1, 0.15) is 29.7 Å². The van der Waals surface area contributed by atoms with E-state index in [2.05, 4.69) is 15.9 Å². The molecule has 0 radical (unpaired) electrons. The highest BCUT2D eigenvalue weighted by atomic mass is 79.9. The van der Waals surface area contributed by atoms with E-state index in [1.165, 1.54) is 15.9 Å². The van der Waals surface area contributed by atoms with Crippen molar-refractivity contribution in [2.75, 3.05) is 12.9 Å². The molecule has 1 aliphatic rings. The number of aromatic hydroxyl groups is 1. The number of phenolic OH excluding ortho intramolecular Hbond substituents is 1. The lowest BCUT2D eigenvalue weighted by molar-refractivity contribution is -0.138. The number of benzene rings is 3. The maximum absolute atomic E-state index is 14.0. The van der Waals surface area contributed by atoms with Crippen LogP contribution in [0.15, 0.2) is 91.5 Å². The zero-order valence-corrected chi connectivity index (χ0v) is 24.8. The minimum Gasteiger partial charge on any atom is -0.506 e. The topological polar surface area (TPSA) is 80.9 Å². The fraction of sp³-hybridized carbons (Fsp3) is 0.138. The van der Waals surface area contributed by atoms with Gasteiger partial charge < -0.3 is 9.84 Å². The first-order valence-corrected chi connectivity index (χ1v) is 15.1. The molecule has 0 unspecified atom stereocenters. The number of carbonyl (C=O) groups excluding carboxylic acids is 1. The van der Waals surface area contributed by atoms with E-state index in [0.717, 1.165) is 16.0 Å². The third kappa shape index (κ3) is 5.36. The van der Waals surface area contributed by atoms with Crippen LogP contribution in [0.25, 0.3) is 11.8 Å². The van der Waals surface area contributed by atoms with Crippen LogP contribution in [-0.2, 0) is 9.53 Å². The predicted molar refractivity (Wildman–Crippen MR) is 160 cm³/mol. The molecule has 1 atom stereocenters. The molecule has 1 N–H and O–H groups in total. The number of carbonyl (C=O) groups is 1. The van der Waals surface area contributed by atoms with Crippen molar-refractivity contribution in [3.05, 3.63) is 118 Å². The molecular formula is C29H22BrClN2O4S2. The van der Waals surface area contributed by atoms with Crippen LogP contribution in [0, 0.1) is 0 Å². The predicted octanol–water partition coefficient (Wildman–Crippen LogP) is 5.78. The van der Waals surface area contributed by atoms with Crippen LogP contribution >= 0.6 is 50.6 Å². The van der Waals surface area contributed by atoms with E-state index < -0.39 is 12.0 Å². The summed E-state index contributed by atoms with van der Waals surface area (Å²) in [6, 6.07) is 19.6. The van der Waals surface area contributed by atoms with Gasteiger partial charge in [-0.15, -0.1) is 11.8 Å². The Kier molecular flexibility index (Phi) is 8.13. The molecule has 2 heterocycles. The lowest BCUT2D eigenvalue weighted by atomic mass is 9.93. The van der Waals surface area contributed by atoms with Crippen LogP contribution in [0.5, 0.6) is 5.75 Å². The number of aromatic nitrogens is 1. The van der Waals surface area contributed by atoms with Crippen molar-refractivity contribution in [1.29, 1.82) is 0 Å². The third-order valence-electron chi connectivity index (χ3n) is 6.15. The summed E-state index contributed by atoms with van der Waals surface area (Å²) in [5.41, 5.74) is 2.26. The first-order valence-electron chi connectivity index (χ1n) is 11.9. The van der Waals surface area contributed by atoms with Gasteiger partial charge in [0.1, 0.15) is 5.75 Å². The molecule has 1 aliphatic heterocycles. The van der Waals surface area contributed by atoms with Gasteiger partial charge in [-0.1, -0.05) is 81.3 Å². The second-order valence-corrected chi connectivity index (χ2v) is 11.7. The summed E-state index contributed by atoms with van der Waals surface area (Å²) < 4.78 is 8.02. The summed E-state index contributed by atoms with van der Waals surface area (Å²) in [6.07, 6.45) is 3.57. The first kappa shape index (κ1) is 27.5. The van der Waals surface area contributed by atoms with Crippen molar-refractivity contribution in [1.82, 2.24) is 4.57 Å². The molecule has 0 amide bonds. The lowest BCUT2D eigenvalue weighted by Crippen LogP contribution is -2.40. The Morgan fingerprint density at radius 1 is 1.21 bits per heavy atom. The molecule has 0 saturated carbocycles. The molecule has 198 valence electrons. The number of ether oxygens (including phenoxy) is 1. The number of thioether (sulfide) groups is 1. The summed E-state index contributed by atoms with van der Waals surface area (Å²) in [4.78, 5) is 33.8. The van der Waals surface area contributed by atoms with Gasteiger partial charge in [0.25, 0.3) is 5.56 Å². The van der Waals surface area contributed by atoms with Gasteiger partial charge in [-0.05, 0) is 49.1 Å². The van der Waals surface area contributed by atoms with Gasteiger partial charge >= 0.3 is 5.97 Å². The van der Waals surface area contributed by atoms with Crippen LogP contribution in [-0.4, -0.2) is 28.5 Å². The van der Waals surface area contributed by atoms with Gasteiger partial charge in [0.15, 0.2) is 4.80 Å². The van der Waals surface area contributed by atoms with E-state index in [0.29, 0.717) is 25.1 Å². The van der Waals surface area contributed by atoms with Crippen molar-refractivity contribution >= 4 is 68.4 Å². The summed E-state index contributed by atoms with van der Waals surface area (Å²) in [7, 11) is 0. The molecule has 39 heavy (non-hydrogen) atoms. The number of halogens is 2. The molecule has 6 nitrogen and oxygen atoms in total. The molecule has 0 saturated heterocycles. The van der Waals surface area contributed by atoms with E-state index in [9.17, 15) is 14.7 Å². The van der Waals surface area contributed by atoms with Gasteiger partial charge in [-0.3, -0.25) is 9.36 Å². The molecule has 4 aromatic rings. The number of phenols is 1. The summed E-state index contributed by atoms with van der Waals surface area (Å²) in [6.45, 7) is 1.92. The Balaban J connectivity index is 1.84. The highest BCUT2D eigenvalue weighted by molar-refractivity contribution is 9.10. The van der Waals surface area contributed by atoms with Crippen molar-refractivity contribution < 1.29 is 14.6 Å². The molecular weight excluding hydrogens is 620 g/mol. The second kappa shape index (κ2) is 11.6. The van der Waals surface area contributed by atoms with Gasteiger partial charge in [0.2, 0.25) is 0 Å². The van der Waals surface area contributed by atoms with Crippen LogP contribution in [0.2, 0.25) is 5.02 Å². The third-order valence-corrected chi connectivity index (χ3v) is 8.62. The van der Waals surface area contributed by atoms with Gasteiger partial charge in [0.05, 0.1) is 33.5 Å². The molecule has 0 bridgehead atoms. The first-order chi connectivity index (χ1) is 18.8. The molecule has 0 fully saturated rings. The molecule has 5 rings (SSSR count). The molecule has 0 aliphatic carbocycles. The molecule has 1 aromatic heterocycles. The maximum atomic E-state index is 14.0. The number of nitrogens with zero attached hydrogens (tertiary/aromatic N) is 2. The Morgan fingerprint density at radius 2 is 1.92 bits per heavy atom. The zero-order valence-electron chi connectivity index (χ0n) is 20.9. The molecule has 10 heteroatoms. The standard InChI is InChI=1S/C29H22BrClN2O4S2/c1-3-37-28(36)23-24(16-7-5-4-6-8-16)32-29-33(25(23)17-9-11-20(38-2)12-10-17)27(35)22(39-29)14-18-13-19(30)15-21(31)26(18)34/h4-15,25,34H,3H2,1-2H3/b22-14-/t25-/m1/s1. The van der Waals surface area contributed by atoms with Crippen molar-refractivity contribution in [2.45, 2.75) is 17.9 Å². The smallest absolute Gasteiger partial charge is 0.338 e. The fourth-order valence-corrected chi connectivity index (χ4v) is 6.61. The van der Waals surface area contributed by atoms with E-state index >= 15 is 0 Å². The highest BCUT2D eigenvalue weighted by Gasteiger charge is 2.35. The van der Waals surface area contributed by atoms with Crippen molar-refractivity contribution in [3.63, 3.8) is 0 Å². The normalized spacial score (nSPS) is 15.2. The monoisotopic (exact) mass is 640 g/mol. The van der Waals surface area contributed by atoms with Crippen LogP contribution < -0.4 is 14.9 Å². The van der Waals surface area contributed by atoms with Gasteiger partial charge in [-0.25, -0.2) is 9.79 Å². The number of hydrogen-bond acceptors (Lipinski definition) is 7. The van der Waals surface area contributed by atoms with Crippen molar-refractivity contribution in [2.24, 2.45) is 4.99 Å². The van der Waals surface area contributed by atoms with Gasteiger partial charge in [-0.2, -0.15) is 0 Å². The van der Waals surface area contributed by atoms with Crippen LogP contribution in [0.3, 0.4) is 0 Å². The fourth-order valence-electron chi connectivity index (χ4n) is 4.38.